The van der Waals surface area contributed by atoms with E-state index in [0.29, 0.717) is 48.9 Å². The first-order chi connectivity index (χ1) is 20.1. The van der Waals surface area contributed by atoms with Crippen molar-refractivity contribution in [3.8, 4) is 11.3 Å². The molecule has 3 atom stereocenters. The molecule has 2 saturated heterocycles. The van der Waals surface area contributed by atoms with Crippen molar-refractivity contribution < 1.29 is 19.1 Å². The molecule has 41 heavy (non-hydrogen) atoms. The molecule has 1 saturated carbocycles. The zero-order chi connectivity index (χ0) is 28.1. The number of likely N-dealkylation sites (tertiary alicyclic amines) is 1. The maximum Gasteiger partial charge on any atom is 0.257 e. The highest BCUT2D eigenvalue weighted by atomic mass is 16.5. The molecule has 0 radical (unpaired) electrons. The van der Waals surface area contributed by atoms with Gasteiger partial charge in [-0.1, -0.05) is 0 Å². The molecule has 7 rings (SSSR count). The number of aromatic nitrogens is 5. The van der Waals surface area contributed by atoms with E-state index in [1.807, 2.05) is 30.1 Å². The molecule has 0 bridgehead atoms. The summed E-state index contributed by atoms with van der Waals surface area (Å²) in [6.45, 7) is 2.04. The minimum Gasteiger partial charge on any atom is -0.381 e. The van der Waals surface area contributed by atoms with Crippen LogP contribution in [0.1, 0.15) is 48.5 Å². The highest BCUT2D eigenvalue weighted by Gasteiger charge is 2.37. The van der Waals surface area contributed by atoms with Crippen LogP contribution >= 0.6 is 0 Å². The molecule has 2 aliphatic heterocycles. The number of methoxy groups -OCH3 is 1. The van der Waals surface area contributed by atoms with Crippen LogP contribution in [0.2, 0.25) is 0 Å². The van der Waals surface area contributed by atoms with Gasteiger partial charge in [-0.25, -0.2) is 9.97 Å². The molecule has 12 heteroatoms. The Morgan fingerprint density at radius 2 is 2.00 bits per heavy atom. The number of nitrogens with zero attached hydrogens (tertiary/aromatic N) is 6. The van der Waals surface area contributed by atoms with E-state index in [-0.39, 0.29) is 36.0 Å². The SMILES string of the molecule is CNc1cc(-c2cn([C@@H]3CC(=O)N(C4CCOCC4)C3)c3ncccc23)nc2c(C(=O)NC3CC[C@@H]3OC)cnn12. The lowest BCUT2D eigenvalue weighted by molar-refractivity contribution is -0.131. The summed E-state index contributed by atoms with van der Waals surface area (Å²) in [7, 11) is 3.48. The van der Waals surface area contributed by atoms with Gasteiger partial charge in [0.2, 0.25) is 5.91 Å². The number of carbonyl (C=O) groups is 2. The van der Waals surface area contributed by atoms with Crippen molar-refractivity contribution in [1.29, 1.82) is 0 Å². The van der Waals surface area contributed by atoms with Crippen LogP contribution in [0.25, 0.3) is 27.9 Å². The molecule has 0 spiro atoms. The molecule has 4 aromatic heterocycles. The van der Waals surface area contributed by atoms with E-state index < -0.39 is 0 Å². The molecule has 0 aromatic carbocycles. The molecule has 4 aromatic rings. The zero-order valence-electron chi connectivity index (χ0n) is 23.2. The van der Waals surface area contributed by atoms with Crippen molar-refractivity contribution in [3.05, 3.63) is 42.4 Å². The first-order valence-corrected chi connectivity index (χ1v) is 14.3. The van der Waals surface area contributed by atoms with Gasteiger partial charge in [0.1, 0.15) is 17.0 Å². The number of pyridine rings is 1. The second-order valence-corrected chi connectivity index (χ2v) is 11.1. The van der Waals surface area contributed by atoms with E-state index in [1.165, 1.54) is 0 Å². The van der Waals surface area contributed by atoms with Gasteiger partial charge >= 0.3 is 0 Å². The maximum atomic E-state index is 13.3. The highest BCUT2D eigenvalue weighted by Crippen LogP contribution is 2.36. The minimum absolute atomic E-state index is 0.0201. The maximum absolute atomic E-state index is 13.3. The number of rotatable bonds is 7. The molecule has 12 nitrogen and oxygen atoms in total. The lowest BCUT2D eigenvalue weighted by atomic mass is 9.89. The summed E-state index contributed by atoms with van der Waals surface area (Å²) in [5.41, 5.74) is 3.25. The van der Waals surface area contributed by atoms with Gasteiger partial charge in [0, 0.05) is 75.8 Å². The zero-order valence-corrected chi connectivity index (χ0v) is 23.2. The van der Waals surface area contributed by atoms with E-state index in [0.717, 1.165) is 42.3 Å². The van der Waals surface area contributed by atoms with Crippen molar-refractivity contribution in [1.82, 2.24) is 34.4 Å². The predicted octanol–water partition coefficient (Wildman–Crippen LogP) is 2.65. The Labute approximate surface area is 237 Å². The molecular weight excluding hydrogens is 524 g/mol. The van der Waals surface area contributed by atoms with E-state index in [1.54, 1.807) is 24.0 Å². The van der Waals surface area contributed by atoms with Crippen LogP contribution in [0.15, 0.2) is 36.8 Å². The Morgan fingerprint density at radius 1 is 1.15 bits per heavy atom. The second-order valence-electron chi connectivity index (χ2n) is 11.1. The first-order valence-electron chi connectivity index (χ1n) is 14.3. The molecule has 6 heterocycles. The average Bonchev–Trinajstić information content (AvgIpc) is 3.70. The molecular formula is C29H34N8O4. The lowest BCUT2D eigenvalue weighted by Gasteiger charge is -2.35. The Bertz CT molecular complexity index is 1620. The van der Waals surface area contributed by atoms with Gasteiger partial charge in [0.15, 0.2) is 5.65 Å². The molecule has 1 unspecified atom stereocenters. The lowest BCUT2D eigenvalue weighted by Crippen LogP contribution is -2.51. The Balaban J connectivity index is 1.26. The third-order valence-corrected chi connectivity index (χ3v) is 8.83. The summed E-state index contributed by atoms with van der Waals surface area (Å²) in [5.74, 6) is 0.657. The topological polar surface area (TPSA) is 128 Å². The van der Waals surface area contributed by atoms with Crippen LogP contribution in [0.3, 0.4) is 0 Å². The van der Waals surface area contributed by atoms with E-state index in [2.05, 4.69) is 26.5 Å². The van der Waals surface area contributed by atoms with Gasteiger partial charge in [0.25, 0.3) is 5.91 Å². The van der Waals surface area contributed by atoms with Crippen molar-refractivity contribution in [2.24, 2.45) is 0 Å². The molecule has 3 fully saturated rings. The second kappa shape index (κ2) is 10.4. The van der Waals surface area contributed by atoms with E-state index in [9.17, 15) is 9.59 Å². The standard InChI is InChI=1S/C29H34N8O4/c1-30-25-13-23(33-28-20(14-32-37(25)28)29(39)34-22-5-6-24(22)40-2)21-16-36(27-19(21)4-3-9-31-27)18-12-26(38)35(15-18)17-7-10-41-11-8-17/h3-4,9,13-14,16-18,22,24,30H,5-8,10-12,15H2,1-2H3,(H,34,39)/t18-,22?,24+/m1/s1. The summed E-state index contributed by atoms with van der Waals surface area (Å²) in [4.78, 5) is 38.1. The summed E-state index contributed by atoms with van der Waals surface area (Å²) in [6, 6.07) is 6.03. The van der Waals surface area contributed by atoms with Gasteiger partial charge in [-0.3, -0.25) is 9.59 Å². The molecule has 214 valence electrons. The fourth-order valence-corrected chi connectivity index (χ4v) is 6.42. The van der Waals surface area contributed by atoms with Crippen molar-refractivity contribution >= 4 is 34.3 Å². The summed E-state index contributed by atoms with van der Waals surface area (Å²) in [6.07, 6.45) is 9.41. The Hall–Kier alpha value is -4.03. The monoisotopic (exact) mass is 558 g/mol. The number of fused-ring (bicyclic) bond motifs is 2. The van der Waals surface area contributed by atoms with Gasteiger partial charge in [-0.15, -0.1) is 0 Å². The average molecular weight is 559 g/mol. The largest absolute Gasteiger partial charge is 0.381 e. The third kappa shape index (κ3) is 4.41. The quantitative estimate of drug-likeness (QED) is 0.354. The normalized spacial score (nSPS) is 23.3. The number of anilines is 1. The molecule has 2 amide bonds. The van der Waals surface area contributed by atoms with Gasteiger partial charge < -0.3 is 29.6 Å². The van der Waals surface area contributed by atoms with Gasteiger partial charge in [-0.2, -0.15) is 9.61 Å². The smallest absolute Gasteiger partial charge is 0.257 e. The number of hydrogen-bond donors (Lipinski definition) is 2. The molecule has 3 aliphatic rings. The Kier molecular flexibility index (Phi) is 6.58. The molecule has 2 N–H and O–H groups in total. The summed E-state index contributed by atoms with van der Waals surface area (Å²) >= 11 is 0. The molecule has 1 aliphatic carbocycles. The minimum atomic E-state index is -0.222. The third-order valence-electron chi connectivity index (χ3n) is 8.83. The van der Waals surface area contributed by atoms with Crippen molar-refractivity contribution in [2.75, 3.05) is 39.2 Å². The highest BCUT2D eigenvalue weighted by molar-refractivity contribution is 6.01. The van der Waals surface area contributed by atoms with Crippen LogP contribution in [0, 0.1) is 0 Å². The predicted molar refractivity (Wildman–Crippen MR) is 152 cm³/mol. The van der Waals surface area contributed by atoms with Crippen LogP contribution < -0.4 is 10.6 Å². The van der Waals surface area contributed by atoms with Crippen LogP contribution in [-0.4, -0.2) is 93.0 Å². The van der Waals surface area contributed by atoms with Crippen LogP contribution in [0.5, 0.6) is 0 Å². The fraction of sp³-hybridized carbons (Fsp3) is 0.483. The number of nitrogens with one attached hydrogen (secondary N) is 2. The number of hydrogen-bond acceptors (Lipinski definition) is 8. The number of amides is 2. The van der Waals surface area contributed by atoms with Gasteiger partial charge in [0.05, 0.1) is 30.1 Å². The van der Waals surface area contributed by atoms with Crippen molar-refractivity contribution in [2.45, 2.75) is 56.3 Å². The van der Waals surface area contributed by atoms with Crippen LogP contribution in [0.4, 0.5) is 5.82 Å². The fourth-order valence-electron chi connectivity index (χ4n) is 6.42. The van der Waals surface area contributed by atoms with E-state index >= 15 is 0 Å². The summed E-state index contributed by atoms with van der Waals surface area (Å²) in [5, 5.41) is 11.7. The first kappa shape index (κ1) is 25.9. The van der Waals surface area contributed by atoms with E-state index in [4.69, 9.17) is 19.4 Å². The summed E-state index contributed by atoms with van der Waals surface area (Å²) < 4.78 is 14.7. The van der Waals surface area contributed by atoms with Crippen molar-refractivity contribution in [3.63, 3.8) is 0 Å². The van der Waals surface area contributed by atoms with Crippen LogP contribution in [-0.2, 0) is 14.3 Å². The number of ether oxygens (including phenoxy) is 2. The Morgan fingerprint density at radius 3 is 2.76 bits per heavy atom. The van der Waals surface area contributed by atoms with Gasteiger partial charge in [-0.05, 0) is 37.8 Å². The number of carbonyl (C=O) groups excluding carboxylic acids is 2.